The molecule has 3 N–H and O–H groups in total. The van der Waals surface area contributed by atoms with Gasteiger partial charge in [0.05, 0.1) is 10.8 Å². The van der Waals surface area contributed by atoms with E-state index in [-0.39, 0.29) is 28.7 Å². The van der Waals surface area contributed by atoms with Gasteiger partial charge in [-0.05, 0) is 74.2 Å². The number of rotatable bonds is 6. The highest BCUT2D eigenvalue weighted by Gasteiger charge is 2.38. The minimum atomic E-state index is -5.08. The summed E-state index contributed by atoms with van der Waals surface area (Å²) in [7, 11) is -3.87. The largest absolute Gasteiger partial charge is 0.490 e. The van der Waals surface area contributed by atoms with Gasteiger partial charge in [-0.1, -0.05) is 12.8 Å². The summed E-state index contributed by atoms with van der Waals surface area (Å²) in [6, 6.07) is 10.9. The van der Waals surface area contributed by atoms with Crippen LogP contribution in [-0.4, -0.2) is 61.5 Å². The van der Waals surface area contributed by atoms with Gasteiger partial charge in [0.1, 0.15) is 5.82 Å². The van der Waals surface area contributed by atoms with Crippen molar-refractivity contribution < 1.29 is 45.5 Å². The third-order valence-corrected chi connectivity index (χ3v) is 7.93. The zero-order valence-corrected chi connectivity index (χ0v) is 22.1. The molecule has 1 heterocycles. The smallest absolute Gasteiger partial charge is 0.475 e. The Labute approximate surface area is 228 Å². The molecule has 2 aromatic rings. The number of carbonyl (C=O) groups excluding carboxylic acids is 2. The van der Waals surface area contributed by atoms with Crippen LogP contribution in [0.25, 0.3) is 0 Å². The van der Waals surface area contributed by atoms with Crippen molar-refractivity contribution in [2.75, 3.05) is 17.8 Å². The molecule has 1 saturated carbocycles. The van der Waals surface area contributed by atoms with Crippen molar-refractivity contribution in [1.82, 2.24) is 10.2 Å². The molecule has 1 aliphatic carbocycles. The second-order valence-electron chi connectivity index (χ2n) is 9.52. The molecule has 14 heteroatoms. The fraction of sp³-hybridized carbons (Fsp3) is 0.423. The van der Waals surface area contributed by atoms with Gasteiger partial charge in [0, 0.05) is 30.4 Å². The fourth-order valence-electron chi connectivity index (χ4n) is 4.46. The van der Waals surface area contributed by atoms with Gasteiger partial charge in [0.2, 0.25) is 5.91 Å². The molecule has 218 valence electrons. The van der Waals surface area contributed by atoms with Gasteiger partial charge in [-0.3, -0.25) is 14.3 Å². The average Bonchev–Trinajstić information content (AvgIpc) is 3.42. The van der Waals surface area contributed by atoms with E-state index in [1.165, 1.54) is 24.3 Å². The van der Waals surface area contributed by atoms with Crippen molar-refractivity contribution in [3.8, 4) is 0 Å². The molecule has 2 aromatic carbocycles. The summed E-state index contributed by atoms with van der Waals surface area (Å²) in [5, 5.41) is 10.3. The van der Waals surface area contributed by atoms with Gasteiger partial charge in [-0.25, -0.2) is 17.6 Å². The summed E-state index contributed by atoms with van der Waals surface area (Å²) in [5.41, 5.74) is 0.722. The van der Waals surface area contributed by atoms with Crippen LogP contribution in [0.1, 0.15) is 48.9 Å². The molecule has 4 rings (SSSR count). The highest BCUT2D eigenvalue weighted by Crippen LogP contribution is 2.23. The SMILES string of the molecule is O=C(NC1CCCC1)C1CCCN(C(=O)c2ccc(NS(=O)(=O)c3ccc(F)cc3)cc2)C1.O=C(O)C(F)(F)F. The monoisotopic (exact) mass is 587 g/mol. The predicted octanol–water partition coefficient (Wildman–Crippen LogP) is 4.17. The lowest BCUT2D eigenvalue weighted by atomic mass is 9.96. The number of carboxylic acids is 1. The molecule has 9 nitrogen and oxygen atoms in total. The lowest BCUT2D eigenvalue weighted by Gasteiger charge is -2.32. The van der Waals surface area contributed by atoms with Gasteiger partial charge in [-0.15, -0.1) is 0 Å². The Kier molecular flexibility index (Phi) is 10.1. The van der Waals surface area contributed by atoms with Crippen LogP contribution in [0.2, 0.25) is 0 Å². The zero-order valence-electron chi connectivity index (χ0n) is 21.3. The van der Waals surface area contributed by atoms with Gasteiger partial charge in [-0.2, -0.15) is 13.2 Å². The van der Waals surface area contributed by atoms with Crippen LogP contribution >= 0.6 is 0 Å². The normalized spacial score (nSPS) is 17.9. The molecule has 1 aliphatic heterocycles. The summed E-state index contributed by atoms with van der Waals surface area (Å²) in [4.78, 5) is 36.2. The molecule has 2 amide bonds. The topological polar surface area (TPSA) is 133 Å². The number of hydrogen-bond donors (Lipinski definition) is 3. The number of nitrogens with zero attached hydrogens (tertiary/aromatic N) is 1. The van der Waals surface area contributed by atoms with E-state index in [1.54, 1.807) is 17.0 Å². The minimum absolute atomic E-state index is 0.0324. The molecular weight excluding hydrogens is 558 g/mol. The van der Waals surface area contributed by atoms with Gasteiger partial charge < -0.3 is 15.3 Å². The van der Waals surface area contributed by atoms with E-state index in [9.17, 15) is 35.6 Å². The van der Waals surface area contributed by atoms with Crippen LogP contribution in [0.5, 0.6) is 0 Å². The van der Waals surface area contributed by atoms with Gasteiger partial charge in [0.15, 0.2) is 0 Å². The van der Waals surface area contributed by atoms with Gasteiger partial charge >= 0.3 is 12.1 Å². The number of anilines is 1. The number of alkyl halides is 3. The number of piperidine rings is 1. The van der Waals surface area contributed by atoms with Crippen LogP contribution in [0, 0.1) is 11.7 Å². The molecule has 2 fully saturated rings. The molecule has 0 radical (unpaired) electrons. The van der Waals surface area contributed by atoms with E-state index < -0.39 is 28.0 Å². The van der Waals surface area contributed by atoms with Crippen molar-refractivity contribution in [2.45, 2.75) is 55.6 Å². The molecule has 0 bridgehead atoms. The second kappa shape index (κ2) is 13.1. The minimum Gasteiger partial charge on any atom is -0.475 e. The zero-order chi connectivity index (χ0) is 29.5. The lowest BCUT2D eigenvalue weighted by molar-refractivity contribution is -0.192. The summed E-state index contributed by atoms with van der Waals surface area (Å²) < 4.78 is 72.1. The maximum atomic E-state index is 13.1. The molecule has 1 atom stereocenters. The van der Waals surface area contributed by atoms with Crippen molar-refractivity contribution in [2.24, 2.45) is 5.92 Å². The fourth-order valence-corrected chi connectivity index (χ4v) is 5.51. The highest BCUT2D eigenvalue weighted by atomic mass is 32.2. The van der Waals surface area contributed by atoms with Gasteiger partial charge in [0.25, 0.3) is 15.9 Å². The molecule has 0 spiro atoms. The number of hydrogen-bond acceptors (Lipinski definition) is 5. The third-order valence-electron chi connectivity index (χ3n) is 6.53. The first-order chi connectivity index (χ1) is 18.8. The number of sulfonamides is 1. The maximum Gasteiger partial charge on any atom is 0.490 e. The van der Waals surface area contributed by atoms with Crippen LogP contribution < -0.4 is 10.0 Å². The molecule has 2 aliphatic rings. The van der Waals surface area contributed by atoms with E-state index in [4.69, 9.17) is 9.90 Å². The van der Waals surface area contributed by atoms with Crippen LogP contribution in [0.3, 0.4) is 0 Å². The quantitative estimate of drug-likeness (QED) is 0.435. The van der Waals surface area contributed by atoms with E-state index >= 15 is 0 Å². The number of carbonyl (C=O) groups is 3. The number of aliphatic carboxylic acids is 1. The average molecular weight is 588 g/mol. The van der Waals surface area contributed by atoms with E-state index in [2.05, 4.69) is 10.0 Å². The molecule has 0 aromatic heterocycles. The van der Waals surface area contributed by atoms with Crippen LogP contribution in [0.15, 0.2) is 53.4 Å². The number of amides is 2. The molecule has 1 saturated heterocycles. The van der Waals surface area contributed by atoms with E-state index in [0.29, 0.717) is 24.3 Å². The predicted molar refractivity (Wildman–Crippen MR) is 136 cm³/mol. The van der Waals surface area contributed by atoms with E-state index in [1.807, 2.05) is 0 Å². The van der Waals surface area contributed by atoms with Crippen LogP contribution in [-0.2, 0) is 19.6 Å². The van der Waals surface area contributed by atoms with Crippen molar-refractivity contribution in [3.05, 3.63) is 59.9 Å². The van der Waals surface area contributed by atoms with E-state index in [0.717, 1.165) is 50.7 Å². The molecule has 40 heavy (non-hydrogen) atoms. The Bertz CT molecular complexity index is 1300. The Balaban J connectivity index is 0.000000559. The second-order valence-corrected chi connectivity index (χ2v) is 11.2. The van der Waals surface area contributed by atoms with Crippen molar-refractivity contribution in [1.29, 1.82) is 0 Å². The molecular formula is C26H29F4N3O6S. The lowest BCUT2D eigenvalue weighted by Crippen LogP contribution is -2.47. The van der Waals surface area contributed by atoms with Crippen LogP contribution in [0.4, 0.5) is 23.2 Å². The van der Waals surface area contributed by atoms with Crippen molar-refractivity contribution in [3.63, 3.8) is 0 Å². The first-order valence-electron chi connectivity index (χ1n) is 12.5. The maximum absolute atomic E-state index is 13.1. The number of nitrogens with one attached hydrogen (secondary N) is 2. The number of likely N-dealkylation sites (tertiary alicyclic amines) is 1. The standard InChI is InChI=1S/C24H28FN3O4S.C2HF3O2/c25-19-9-13-22(14-10-19)33(31,32)27-21-11-7-17(8-12-21)24(30)28-15-3-4-18(16-28)23(29)26-20-5-1-2-6-20;3-2(4,5)1(6)7/h7-14,18,20,27H,1-6,15-16H2,(H,26,29);(H,6,7). The summed E-state index contributed by atoms with van der Waals surface area (Å²) in [6.07, 6.45) is 0.805. The number of halogens is 4. The summed E-state index contributed by atoms with van der Waals surface area (Å²) >= 11 is 0. The molecule has 1 unspecified atom stereocenters. The Morgan fingerprint density at radius 3 is 2.02 bits per heavy atom. The number of carboxylic acid groups (broad SMARTS) is 1. The summed E-state index contributed by atoms with van der Waals surface area (Å²) in [6.45, 7) is 0.974. The number of benzene rings is 2. The first-order valence-corrected chi connectivity index (χ1v) is 14.0. The highest BCUT2D eigenvalue weighted by molar-refractivity contribution is 7.92. The third kappa shape index (κ3) is 8.66. The Morgan fingerprint density at radius 2 is 1.48 bits per heavy atom. The first kappa shape index (κ1) is 30.9. The Hall–Kier alpha value is -3.68. The van der Waals surface area contributed by atoms with Crippen molar-refractivity contribution >= 4 is 33.5 Å². The Morgan fingerprint density at radius 1 is 0.900 bits per heavy atom. The summed E-state index contributed by atoms with van der Waals surface area (Å²) in [5.74, 6) is -3.63.